The normalized spacial score (nSPS) is 19.9. The van der Waals surface area contributed by atoms with Crippen LogP contribution in [0, 0.1) is 5.92 Å². The summed E-state index contributed by atoms with van der Waals surface area (Å²) >= 11 is 3.35. The molecular formula is C24H29N5O3S2. The number of carbonyl (C=O) groups excluding carboxylic acids is 1. The van der Waals surface area contributed by atoms with Crippen molar-refractivity contribution < 1.29 is 14.3 Å². The molecule has 4 heterocycles. The average Bonchev–Trinajstić information content (AvgIpc) is 3.53. The lowest BCUT2D eigenvalue weighted by atomic mass is 10.0. The molecule has 0 saturated carbocycles. The molecule has 3 aromatic rings. The fourth-order valence-electron chi connectivity index (χ4n) is 4.53. The van der Waals surface area contributed by atoms with Crippen LogP contribution in [0.4, 0.5) is 5.69 Å². The SMILES string of the molecule is COc1nc(-c2cc(O[C@H](C)[C@H]3CNC(=O)C3)c3scnc3c2)ccc1N1CCN(SC)CC1. The predicted molar refractivity (Wildman–Crippen MR) is 138 cm³/mol. The Hall–Kier alpha value is -2.56. The molecule has 2 aromatic heterocycles. The first-order chi connectivity index (χ1) is 16.6. The summed E-state index contributed by atoms with van der Waals surface area (Å²) < 4.78 is 15.5. The van der Waals surface area contributed by atoms with E-state index in [2.05, 4.69) is 31.8 Å². The molecule has 0 bridgehead atoms. The monoisotopic (exact) mass is 499 g/mol. The number of hydrogen-bond donors (Lipinski definition) is 1. The van der Waals surface area contributed by atoms with Gasteiger partial charge in [-0.1, -0.05) is 11.9 Å². The fraction of sp³-hybridized carbons (Fsp3) is 0.458. The zero-order valence-electron chi connectivity index (χ0n) is 19.6. The summed E-state index contributed by atoms with van der Waals surface area (Å²) in [7, 11) is 1.67. The van der Waals surface area contributed by atoms with Crippen LogP contribution in [0.5, 0.6) is 11.6 Å². The standard InChI is InChI=1S/C24H29N5O3S2/c1-15(17-12-22(30)25-13-17)32-21-11-16(10-19-23(21)34-14-26-19)18-4-5-20(24(27-18)31-2)28-6-8-29(33-3)9-7-28/h4-5,10-11,14-15,17H,6-9,12-13H2,1-3H3,(H,25,30)/t15-,17-/m1/s1. The number of carbonyl (C=O) groups is 1. The van der Waals surface area contributed by atoms with Gasteiger partial charge in [0, 0.05) is 50.6 Å². The van der Waals surface area contributed by atoms with Gasteiger partial charge in [0.25, 0.3) is 0 Å². The molecule has 34 heavy (non-hydrogen) atoms. The number of ether oxygens (including phenoxy) is 2. The lowest BCUT2D eigenvalue weighted by molar-refractivity contribution is -0.119. The van der Waals surface area contributed by atoms with Crippen LogP contribution in [0.15, 0.2) is 29.8 Å². The maximum absolute atomic E-state index is 11.7. The van der Waals surface area contributed by atoms with Gasteiger partial charge in [-0.15, -0.1) is 11.3 Å². The van der Waals surface area contributed by atoms with Crippen molar-refractivity contribution in [3.8, 4) is 22.9 Å². The molecule has 1 N–H and O–H groups in total. The molecule has 2 atom stereocenters. The second-order valence-electron chi connectivity index (χ2n) is 8.59. The highest BCUT2D eigenvalue weighted by atomic mass is 32.2. The smallest absolute Gasteiger partial charge is 0.237 e. The third-order valence-electron chi connectivity index (χ3n) is 6.55. The fourth-order valence-corrected chi connectivity index (χ4v) is 5.78. The van der Waals surface area contributed by atoms with Gasteiger partial charge in [-0.2, -0.15) is 0 Å². The van der Waals surface area contributed by atoms with E-state index in [9.17, 15) is 4.79 Å². The summed E-state index contributed by atoms with van der Waals surface area (Å²) in [6.07, 6.45) is 2.52. The van der Waals surface area contributed by atoms with E-state index < -0.39 is 0 Å². The molecule has 8 nitrogen and oxygen atoms in total. The molecule has 180 valence electrons. The Morgan fingerprint density at radius 3 is 2.76 bits per heavy atom. The maximum Gasteiger partial charge on any atom is 0.237 e. The van der Waals surface area contributed by atoms with Gasteiger partial charge >= 0.3 is 0 Å². The van der Waals surface area contributed by atoms with Crippen molar-refractivity contribution in [2.24, 2.45) is 5.92 Å². The number of nitrogens with one attached hydrogen (secondary N) is 1. The molecule has 2 aliphatic heterocycles. The number of thiazole rings is 1. The van der Waals surface area contributed by atoms with Gasteiger partial charge in [0.1, 0.15) is 11.9 Å². The number of pyridine rings is 1. The van der Waals surface area contributed by atoms with E-state index in [0.29, 0.717) is 18.8 Å². The van der Waals surface area contributed by atoms with Crippen molar-refractivity contribution in [2.45, 2.75) is 19.4 Å². The number of methoxy groups -OCH3 is 1. The van der Waals surface area contributed by atoms with Gasteiger partial charge in [-0.3, -0.25) is 4.79 Å². The van der Waals surface area contributed by atoms with E-state index in [1.165, 1.54) is 0 Å². The maximum atomic E-state index is 11.7. The van der Waals surface area contributed by atoms with Gasteiger partial charge in [-0.05, 0) is 37.4 Å². The Kier molecular flexibility index (Phi) is 6.80. The Balaban J connectivity index is 1.43. The lowest BCUT2D eigenvalue weighted by Crippen LogP contribution is -2.43. The predicted octanol–water partition coefficient (Wildman–Crippen LogP) is 3.67. The zero-order chi connectivity index (χ0) is 23.7. The first-order valence-corrected chi connectivity index (χ1v) is 13.5. The Labute approximate surface area is 207 Å². The van der Waals surface area contributed by atoms with E-state index in [1.807, 2.05) is 30.6 Å². The van der Waals surface area contributed by atoms with Gasteiger partial charge < -0.3 is 19.7 Å². The van der Waals surface area contributed by atoms with Crippen molar-refractivity contribution in [2.75, 3.05) is 51.0 Å². The van der Waals surface area contributed by atoms with Gasteiger partial charge in [0.2, 0.25) is 11.8 Å². The number of piperazine rings is 1. The zero-order valence-corrected chi connectivity index (χ0v) is 21.2. The summed E-state index contributed by atoms with van der Waals surface area (Å²) in [4.78, 5) is 23.4. The topological polar surface area (TPSA) is 79.8 Å². The first kappa shape index (κ1) is 23.2. The average molecular weight is 500 g/mol. The Morgan fingerprint density at radius 1 is 1.24 bits per heavy atom. The van der Waals surface area contributed by atoms with Crippen molar-refractivity contribution in [1.82, 2.24) is 19.6 Å². The quantitative estimate of drug-likeness (QED) is 0.494. The summed E-state index contributed by atoms with van der Waals surface area (Å²) in [5, 5.41) is 2.90. The highest BCUT2D eigenvalue weighted by Crippen LogP contribution is 2.37. The summed E-state index contributed by atoms with van der Waals surface area (Å²) in [5.74, 6) is 1.64. The van der Waals surface area contributed by atoms with E-state index >= 15 is 0 Å². The molecule has 2 fully saturated rings. The summed E-state index contributed by atoms with van der Waals surface area (Å²) in [6, 6.07) is 8.21. The molecular weight excluding hydrogens is 470 g/mol. The number of fused-ring (bicyclic) bond motifs is 1. The van der Waals surface area contributed by atoms with Gasteiger partial charge in [0.15, 0.2) is 0 Å². The third kappa shape index (κ3) is 4.67. The minimum absolute atomic E-state index is 0.0865. The van der Waals surface area contributed by atoms with E-state index in [-0.39, 0.29) is 17.9 Å². The number of rotatable bonds is 7. The molecule has 1 amide bonds. The highest BCUT2D eigenvalue weighted by molar-refractivity contribution is 7.96. The Bertz CT molecular complexity index is 1180. The van der Waals surface area contributed by atoms with Crippen LogP contribution in [0.3, 0.4) is 0 Å². The van der Waals surface area contributed by atoms with E-state index in [0.717, 1.165) is 59.1 Å². The minimum atomic E-state index is -0.0932. The first-order valence-electron chi connectivity index (χ1n) is 11.5. The van der Waals surface area contributed by atoms with Crippen molar-refractivity contribution >= 4 is 45.1 Å². The second kappa shape index (κ2) is 9.97. The van der Waals surface area contributed by atoms with Crippen molar-refractivity contribution in [1.29, 1.82) is 0 Å². The minimum Gasteiger partial charge on any atom is -0.489 e. The second-order valence-corrected chi connectivity index (χ2v) is 10.3. The number of amides is 1. The molecule has 0 radical (unpaired) electrons. The molecule has 0 spiro atoms. The molecule has 2 saturated heterocycles. The van der Waals surface area contributed by atoms with Crippen LogP contribution in [-0.2, 0) is 4.79 Å². The number of benzene rings is 1. The van der Waals surface area contributed by atoms with Crippen LogP contribution >= 0.6 is 23.3 Å². The molecule has 5 rings (SSSR count). The van der Waals surface area contributed by atoms with Crippen molar-refractivity contribution in [3.05, 3.63) is 29.8 Å². The lowest BCUT2D eigenvalue weighted by Gasteiger charge is -2.35. The van der Waals surface area contributed by atoms with Crippen LogP contribution in [0.1, 0.15) is 13.3 Å². The molecule has 2 aliphatic rings. The summed E-state index contributed by atoms with van der Waals surface area (Å²) in [5.41, 5.74) is 5.47. The van der Waals surface area contributed by atoms with Crippen LogP contribution < -0.4 is 19.7 Å². The molecule has 0 unspecified atom stereocenters. The third-order valence-corrected chi connectivity index (χ3v) is 8.29. The number of anilines is 1. The number of aromatic nitrogens is 2. The van der Waals surface area contributed by atoms with Gasteiger partial charge in [-0.25, -0.2) is 14.3 Å². The molecule has 1 aromatic carbocycles. The van der Waals surface area contributed by atoms with E-state index in [4.69, 9.17) is 14.5 Å². The van der Waals surface area contributed by atoms with Crippen LogP contribution in [0.2, 0.25) is 0 Å². The molecule has 10 heteroatoms. The number of nitrogens with zero attached hydrogens (tertiary/aromatic N) is 4. The largest absolute Gasteiger partial charge is 0.489 e. The van der Waals surface area contributed by atoms with Crippen LogP contribution in [0.25, 0.3) is 21.5 Å². The van der Waals surface area contributed by atoms with Crippen molar-refractivity contribution in [3.63, 3.8) is 0 Å². The Morgan fingerprint density at radius 2 is 2.06 bits per heavy atom. The number of hydrogen-bond acceptors (Lipinski definition) is 9. The molecule has 0 aliphatic carbocycles. The van der Waals surface area contributed by atoms with Crippen LogP contribution in [-0.4, -0.2) is 72.4 Å². The highest BCUT2D eigenvalue weighted by Gasteiger charge is 2.28. The summed E-state index contributed by atoms with van der Waals surface area (Å²) in [6.45, 7) is 6.57. The van der Waals surface area contributed by atoms with E-state index in [1.54, 1.807) is 30.4 Å². The van der Waals surface area contributed by atoms with Gasteiger partial charge in [0.05, 0.1) is 34.2 Å².